The molecule has 2 aliphatic heterocycles. The second kappa shape index (κ2) is 5.91. The predicted molar refractivity (Wildman–Crippen MR) is 97.6 cm³/mol. The maximum Gasteiger partial charge on any atom is 0.416 e. The second-order valence-corrected chi connectivity index (χ2v) is 7.14. The van der Waals surface area contributed by atoms with Gasteiger partial charge >= 0.3 is 6.18 Å². The van der Waals surface area contributed by atoms with E-state index in [0.717, 1.165) is 12.1 Å². The van der Waals surface area contributed by atoms with E-state index in [-0.39, 0.29) is 23.6 Å². The highest BCUT2D eigenvalue weighted by atomic mass is 19.4. The van der Waals surface area contributed by atoms with Crippen LogP contribution in [0, 0.1) is 5.82 Å². The largest absolute Gasteiger partial charge is 0.416 e. The number of aromatic nitrogens is 2. The molecule has 1 atom stereocenters. The molecule has 10 heteroatoms. The van der Waals surface area contributed by atoms with Gasteiger partial charge in [-0.3, -0.25) is 9.59 Å². The summed E-state index contributed by atoms with van der Waals surface area (Å²) in [6.07, 6.45) is -3.30. The molecule has 0 unspecified atom stereocenters. The van der Waals surface area contributed by atoms with Crippen LogP contribution in [0.2, 0.25) is 0 Å². The number of alkyl halides is 3. The number of anilines is 2. The van der Waals surface area contributed by atoms with Crippen molar-refractivity contribution in [2.75, 3.05) is 10.6 Å². The molecular weight excluding hydrogens is 404 g/mol. The van der Waals surface area contributed by atoms with E-state index in [1.165, 1.54) is 41.2 Å². The number of amides is 2. The third-order valence-electron chi connectivity index (χ3n) is 5.43. The lowest BCUT2D eigenvalue weighted by molar-refractivity contribution is -0.137. The van der Waals surface area contributed by atoms with Gasteiger partial charge in [-0.1, -0.05) is 6.07 Å². The van der Waals surface area contributed by atoms with Gasteiger partial charge in [-0.25, -0.2) is 9.07 Å². The summed E-state index contributed by atoms with van der Waals surface area (Å²) in [5.41, 5.74) is -0.854. The van der Waals surface area contributed by atoms with E-state index in [0.29, 0.717) is 11.1 Å². The van der Waals surface area contributed by atoms with Gasteiger partial charge in [-0.15, -0.1) is 0 Å². The van der Waals surface area contributed by atoms with Crippen LogP contribution in [0.1, 0.15) is 23.1 Å². The quantitative estimate of drug-likeness (QED) is 0.595. The van der Waals surface area contributed by atoms with Crippen molar-refractivity contribution < 1.29 is 27.2 Å². The Balaban J connectivity index is 1.67. The van der Waals surface area contributed by atoms with Gasteiger partial charge in [-0.2, -0.15) is 18.3 Å². The van der Waals surface area contributed by atoms with Crippen molar-refractivity contribution in [3.05, 3.63) is 71.2 Å². The van der Waals surface area contributed by atoms with E-state index in [9.17, 15) is 27.2 Å². The molecule has 1 spiro atoms. The SMILES string of the molecule is O=C1C[C@]2(C(=O)Nc3cc(F)ccc32)c2cnn(-c3ccc(C(F)(F)F)cc3)c2N1. The number of benzene rings is 2. The Morgan fingerprint density at radius 2 is 1.73 bits per heavy atom. The molecule has 0 saturated heterocycles. The summed E-state index contributed by atoms with van der Waals surface area (Å²) in [5.74, 6) is -1.32. The highest BCUT2D eigenvalue weighted by molar-refractivity contribution is 6.14. The molecule has 2 N–H and O–H groups in total. The van der Waals surface area contributed by atoms with Gasteiger partial charge in [0.25, 0.3) is 0 Å². The monoisotopic (exact) mass is 416 g/mol. The summed E-state index contributed by atoms with van der Waals surface area (Å²) in [6, 6.07) is 8.08. The van der Waals surface area contributed by atoms with Crippen molar-refractivity contribution in [3.63, 3.8) is 0 Å². The maximum atomic E-state index is 13.6. The van der Waals surface area contributed by atoms with Crippen LogP contribution >= 0.6 is 0 Å². The van der Waals surface area contributed by atoms with Crippen LogP contribution in [0.15, 0.2) is 48.7 Å². The first kappa shape index (κ1) is 18.3. The number of halogens is 4. The van der Waals surface area contributed by atoms with Crippen molar-refractivity contribution >= 4 is 23.3 Å². The number of fused-ring (bicyclic) bond motifs is 4. The summed E-state index contributed by atoms with van der Waals surface area (Å²) in [6.45, 7) is 0. The summed E-state index contributed by atoms with van der Waals surface area (Å²) in [4.78, 5) is 25.5. The van der Waals surface area contributed by atoms with Crippen LogP contribution < -0.4 is 10.6 Å². The van der Waals surface area contributed by atoms with Crippen molar-refractivity contribution in [1.29, 1.82) is 0 Å². The number of hydrogen-bond acceptors (Lipinski definition) is 3. The van der Waals surface area contributed by atoms with Gasteiger partial charge < -0.3 is 10.6 Å². The van der Waals surface area contributed by atoms with Gasteiger partial charge in [0, 0.05) is 17.7 Å². The van der Waals surface area contributed by atoms with Gasteiger partial charge in [0.1, 0.15) is 17.1 Å². The standard InChI is InChI=1S/C20H12F4N4O2/c21-11-3-6-13-15(7-11)26-18(30)19(13)8-16(29)27-17-14(19)9-25-28(17)12-4-1-10(2-5-12)20(22,23)24/h1-7,9H,8H2,(H,26,30)(H,27,29)/t19-/m1/s1. The first-order valence-corrected chi connectivity index (χ1v) is 8.87. The zero-order valence-corrected chi connectivity index (χ0v) is 15.0. The van der Waals surface area contributed by atoms with Gasteiger partial charge in [-0.05, 0) is 42.0 Å². The Bertz CT molecular complexity index is 1220. The Hall–Kier alpha value is -3.69. The van der Waals surface area contributed by atoms with Crippen LogP contribution in [0.4, 0.5) is 29.1 Å². The van der Waals surface area contributed by atoms with Crippen molar-refractivity contribution in [2.24, 2.45) is 0 Å². The van der Waals surface area contributed by atoms with E-state index >= 15 is 0 Å². The summed E-state index contributed by atoms with van der Waals surface area (Å²) in [5, 5.41) is 9.47. The van der Waals surface area contributed by atoms with Crippen LogP contribution in [-0.2, 0) is 21.2 Å². The molecule has 0 aliphatic carbocycles. The third-order valence-corrected chi connectivity index (χ3v) is 5.43. The summed E-state index contributed by atoms with van der Waals surface area (Å²) >= 11 is 0. The zero-order chi connectivity index (χ0) is 21.3. The highest BCUT2D eigenvalue weighted by Crippen LogP contribution is 2.50. The minimum Gasteiger partial charge on any atom is -0.325 e. The molecule has 3 heterocycles. The summed E-state index contributed by atoms with van der Waals surface area (Å²) in [7, 11) is 0. The molecule has 30 heavy (non-hydrogen) atoms. The fourth-order valence-corrected chi connectivity index (χ4v) is 4.07. The number of rotatable bonds is 1. The summed E-state index contributed by atoms with van der Waals surface area (Å²) < 4.78 is 53.4. The number of carbonyl (C=O) groups is 2. The Morgan fingerprint density at radius 3 is 2.43 bits per heavy atom. The Kier molecular flexibility index (Phi) is 3.61. The maximum absolute atomic E-state index is 13.6. The molecule has 3 aromatic rings. The number of carbonyl (C=O) groups excluding carboxylic acids is 2. The third kappa shape index (κ3) is 2.46. The first-order valence-electron chi connectivity index (χ1n) is 8.87. The molecule has 0 saturated carbocycles. The Morgan fingerprint density at radius 1 is 1.00 bits per heavy atom. The molecule has 2 amide bonds. The fourth-order valence-electron chi connectivity index (χ4n) is 4.07. The molecule has 1 aromatic heterocycles. The van der Waals surface area contributed by atoms with Crippen LogP contribution in [0.25, 0.3) is 5.69 Å². The number of nitrogens with zero attached hydrogens (tertiary/aromatic N) is 2. The lowest BCUT2D eigenvalue weighted by Crippen LogP contribution is -2.43. The normalized spacial score (nSPS) is 20.0. The lowest BCUT2D eigenvalue weighted by Gasteiger charge is -2.31. The molecule has 152 valence electrons. The van der Waals surface area contributed by atoms with E-state index < -0.39 is 34.8 Å². The van der Waals surface area contributed by atoms with E-state index in [4.69, 9.17) is 0 Å². The predicted octanol–water partition coefficient (Wildman–Crippen LogP) is 3.61. The van der Waals surface area contributed by atoms with E-state index in [2.05, 4.69) is 15.7 Å². The first-order chi connectivity index (χ1) is 14.2. The highest BCUT2D eigenvalue weighted by Gasteiger charge is 2.54. The molecular formula is C20H12F4N4O2. The molecule has 2 aliphatic rings. The lowest BCUT2D eigenvalue weighted by atomic mass is 9.72. The smallest absolute Gasteiger partial charge is 0.325 e. The minimum absolute atomic E-state index is 0.179. The molecule has 0 bridgehead atoms. The average Bonchev–Trinajstić information content (AvgIpc) is 3.21. The number of nitrogens with one attached hydrogen (secondary N) is 2. The molecule has 0 fully saturated rings. The van der Waals surface area contributed by atoms with Gasteiger partial charge in [0.2, 0.25) is 11.8 Å². The van der Waals surface area contributed by atoms with Gasteiger partial charge in [0.15, 0.2) is 0 Å². The molecule has 5 rings (SSSR count). The topological polar surface area (TPSA) is 76.0 Å². The zero-order valence-electron chi connectivity index (χ0n) is 15.0. The minimum atomic E-state index is -4.48. The average molecular weight is 416 g/mol. The van der Waals surface area contributed by atoms with E-state index in [1.807, 2.05) is 0 Å². The molecule has 0 radical (unpaired) electrons. The van der Waals surface area contributed by atoms with Crippen LogP contribution in [0.3, 0.4) is 0 Å². The number of hydrogen-bond donors (Lipinski definition) is 2. The second-order valence-electron chi connectivity index (χ2n) is 7.14. The van der Waals surface area contributed by atoms with Crippen molar-refractivity contribution in [1.82, 2.24) is 9.78 Å². The fraction of sp³-hybridized carbons (Fsp3) is 0.150. The van der Waals surface area contributed by atoms with Crippen molar-refractivity contribution in [2.45, 2.75) is 18.0 Å². The molecule has 2 aromatic carbocycles. The van der Waals surface area contributed by atoms with Crippen LogP contribution in [-0.4, -0.2) is 21.6 Å². The Labute approximate surface area is 166 Å². The van der Waals surface area contributed by atoms with Gasteiger partial charge in [0.05, 0.1) is 17.4 Å². The van der Waals surface area contributed by atoms with Crippen molar-refractivity contribution in [3.8, 4) is 5.69 Å². The van der Waals surface area contributed by atoms with Crippen LogP contribution in [0.5, 0.6) is 0 Å². The van der Waals surface area contributed by atoms with E-state index in [1.54, 1.807) is 0 Å². The molecule has 6 nitrogen and oxygen atoms in total.